The van der Waals surface area contributed by atoms with Crippen LogP contribution < -0.4 is 0 Å². The van der Waals surface area contributed by atoms with Crippen LogP contribution in [0, 0.1) is 0 Å². The van der Waals surface area contributed by atoms with Crippen LogP contribution in [0.4, 0.5) is 0 Å². The first-order chi connectivity index (χ1) is 6.40. The van der Waals surface area contributed by atoms with Crippen molar-refractivity contribution in [3.8, 4) is 0 Å². The highest BCUT2D eigenvalue weighted by Crippen LogP contribution is 2.26. The summed E-state index contributed by atoms with van der Waals surface area (Å²) < 4.78 is 10.6. The van der Waals surface area contributed by atoms with E-state index in [2.05, 4.69) is 4.98 Å². The molecule has 1 aliphatic rings. The van der Waals surface area contributed by atoms with Gasteiger partial charge in [0.1, 0.15) is 18.1 Å². The molecular formula is C9H11NO3. The van der Waals surface area contributed by atoms with Crippen molar-refractivity contribution in [2.45, 2.75) is 25.4 Å². The Morgan fingerprint density at radius 1 is 1.54 bits per heavy atom. The van der Waals surface area contributed by atoms with Crippen molar-refractivity contribution in [1.29, 1.82) is 0 Å². The molecule has 70 valence electrons. The van der Waals surface area contributed by atoms with Gasteiger partial charge < -0.3 is 9.15 Å². The van der Waals surface area contributed by atoms with Gasteiger partial charge in [0.2, 0.25) is 5.89 Å². The van der Waals surface area contributed by atoms with Crippen LogP contribution in [-0.4, -0.2) is 17.9 Å². The lowest BCUT2D eigenvalue weighted by molar-refractivity contribution is -0.00147. The molecule has 1 aromatic heterocycles. The number of aromatic nitrogens is 1. The molecule has 1 saturated heterocycles. The van der Waals surface area contributed by atoms with Crippen molar-refractivity contribution in [3.05, 3.63) is 17.8 Å². The molecule has 2 heterocycles. The highest BCUT2D eigenvalue weighted by atomic mass is 16.5. The van der Waals surface area contributed by atoms with Crippen LogP contribution in [0.3, 0.4) is 0 Å². The second-order valence-corrected chi connectivity index (χ2v) is 3.08. The van der Waals surface area contributed by atoms with Gasteiger partial charge in [-0.3, -0.25) is 4.79 Å². The maximum absolute atomic E-state index is 10.3. The molecule has 0 bridgehead atoms. The number of rotatable bonds is 2. The van der Waals surface area contributed by atoms with Crippen LogP contribution >= 0.6 is 0 Å². The molecule has 0 spiro atoms. The average molecular weight is 181 g/mol. The highest BCUT2D eigenvalue weighted by molar-refractivity contribution is 5.70. The number of hydrogen-bond acceptors (Lipinski definition) is 4. The van der Waals surface area contributed by atoms with Gasteiger partial charge in [0.15, 0.2) is 6.29 Å². The zero-order valence-electron chi connectivity index (χ0n) is 7.23. The van der Waals surface area contributed by atoms with Gasteiger partial charge in [-0.15, -0.1) is 0 Å². The molecule has 1 unspecified atom stereocenters. The zero-order valence-corrected chi connectivity index (χ0v) is 7.23. The molecule has 13 heavy (non-hydrogen) atoms. The lowest BCUT2D eigenvalue weighted by Crippen LogP contribution is -2.11. The van der Waals surface area contributed by atoms with Crippen LogP contribution in [-0.2, 0) is 4.74 Å². The number of nitrogens with zero attached hydrogens (tertiary/aromatic N) is 1. The van der Waals surface area contributed by atoms with E-state index >= 15 is 0 Å². The second kappa shape index (κ2) is 3.70. The van der Waals surface area contributed by atoms with E-state index in [1.54, 1.807) is 0 Å². The predicted octanol–water partition coefficient (Wildman–Crippen LogP) is 1.73. The fraction of sp³-hybridized carbons (Fsp3) is 0.556. The SMILES string of the molecule is O=Cc1coc(C2CCCCO2)n1. The van der Waals surface area contributed by atoms with E-state index < -0.39 is 0 Å². The van der Waals surface area contributed by atoms with E-state index in [0.29, 0.717) is 17.9 Å². The topological polar surface area (TPSA) is 52.3 Å². The van der Waals surface area contributed by atoms with Gasteiger partial charge in [-0.25, -0.2) is 4.98 Å². The monoisotopic (exact) mass is 181 g/mol. The Labute approximate surface area is 75.9 Å². The Balaban J connectivity index is 2.09. The van der Waals surface area contributed by atoms with Crippen LogP contribution in [0.5, 0.6) is 0 Å². The molecule has 1 aliphatic heterocycles. The van der Waals surface area contributed by atoms with Gasteiger partial charge in [-0.2, -0.15) is 0 Å². The van der Waals surface area contributed by atoms with Gasteiger partial charge in [-0.1, -0.05) is 0 Å². The number of carbonyl (C=O) groups excluding carboxylic acids is 1. The number of hydrogen-bond donors (Lipinski definition) is 0. The zero-order chi connectivity index (χ0) is 9.10. The fourth-order valence-electron chi connectivity index (χ4n) is 1.44. The minimum Gasteiger partial charge on any atom is -0.445 e. The van der Waals surface area contributed by atoms with E-state index in [1.165, 1.54) is 6.26 Å². The Hall–Kier alpha value is -1.16. The van der Waals surface area contributed by atoms with E-state index in [0.717, 1.165) is 25.9 Å². The minimum atomic E-state index is -0.0533. The predicted molar refractivity (Wildman–Crippen MR) is 44.4 cm³/mol. The minimum absolute atomic E-state index is 0.0533. The summed E-state index contributed by atoms with van der Waals surface area (Å²) in [7, 11) is 0. The first-order valence-corrected chi connectivity index (χ1v) is 4.42. The summed E-state index contributed by atoms with van der Waals surface area (Å²) in [6, 6.07) is 0. The van der Waals surface area contributed by atoms with E-state index in [4.69, 9.17) is 9.15 Å². The molecule has 0 saturated carbocycles. The van der Waals surface area contributed by atoms with E-state index in [9.17, 15) is 4.79 Å². The third-order valence-electron chi connectivity index (χ3n) is 2.12. The Kier molecular flexibility index (Phi) is 2.40. The summed E-state index contributed by atoms with van der Waals surface area (Å²) >= 11 is 0. The molecule has 4 heteroatoms. The first-order valence-electron chi connectivity index (χ1n) is 4.42. The Morgan fingerprint density at radius 3 is 3.08 bits per heavy atom. The van der Waals surface area contributed by atoms with Gasteiger partial charge >= 0.3 is 0 Å². The van der Waals surface area contributed by atoms with Crippen molar-refractivity contribution in [3.63, 3.8) is 0 Å². The van der Waals surface area contributed by atoms with Crippen molar-refractivity contribution >= 4 is 6.29 Å². The summed E-state index contributed by atoms with van der Waals surface area (Å²) in [6.45, 7) is 0.753. The number of ether oxygens (including phenoxy) is 1. The van der Waals surface area contributed by atoms with Crippen molar-refractivity contribution in [2.24, 2.45) is 0 Å². The van der Waals surface area contributed by atoms with Crippen molar-refractivity contribution in [1.82, 2.24) is 4.98 Å². The number of oxazole rings is 1. The van der Waals surface area contributed by atoms with Gasteiger partial charge in [-0.05, 0) is 19.3 Å². The quantitative estimate of drug-likeness (QED) is 0.652. The third-order valence-corrected chi connectivity index (χ3v) is 2.12. The third kappa shape index (κ3) is 1.78. The van der Waals surface area contributed by atoms with Crippen LogP contribution in [0.15, 0.2) is 10.7 Å². The van der Waals surface area contributed by atoms with Gasteiger partial charge in [0.05, 0.1) is 0 Å². The maximum Gasteiger partial charge on any atom is 0.223 e. The molecule has 1 aromatic rings. The fourth-order valence-corrected chi connectivity index (χ4v) is 1.44. The van der Waals surface area contributed by atoms with Gasteiger partial charge in [0.25, 0.3) is 0 Å². The lowest BCUT2D eigenvalue weighted by atomic mass is 10.1. The standard InChI is InChI=1S/C9H11NO3/c11-5-7-6-13-9(10-7)8-3-1-2-4-12-8/h5-6,8H,1-4H2. The molecule has 0 amide bonds. The van der Waals surface area contributed by atoms with Crippen LogP contribution in [0.25, 0.3) is 0 Å². The Morgan fingerprint density at radius 2 is 2.46 bits per heavy atom. The van der Waals surface area contributed by atoms with Crippen LogP contribution in [0.1, 0.15) is 41.7 Å². The first kappa shape index (κ1) is 8.44. The molecule has 0 N–H and O–H groups in total. The summed E-state index contributed by atoms with van der Waals surface area (Å²) in [5.41, 5.74) is 0.337. The summed E-state index contributed by atoms with van der Waals surface area (Å²) in [5, 5.41) is 0. The molecule has 0 aliphatic carbocycles. The maximum atomic E-state index is 10.3. The Bertz CT molecular complexity index is 289. The van der Waals surface area contributed by atoms with E-state index in [-0.39, 0.29) is 6.10 Å². The van der Waals surface area contributed by atoms with Gasteiger partial charge in [0, 0.05) is 6.61 Å². The molecule has 1 fully saturated rings. The molecular weight excluding hydrogens is 170 g/mol. The molecule has 1 atom stereocenters. The van der Waals surface area contributed by atoms with Crippen LogP contribution in [0.2, 0.25) is 0 Å². The summed E-state index contributed by atoms with van der Waals surface area (Å²) in [6.07, 6.45) is 5.14. The average Bonchev–Trinajstić information content (AvgIpc) is 2.67. The number of carbonyl (C=O) groups is 1. The molecule has 0 aromatic carbocycles. The second-order valence-electron chi connectivity index (χ2n) is 3.08. The number of aldehydes is 1. The lowest BCUT2D eigenvalue weighted by Gasteiger charge is -2.19. The van der Waals surface area contributed by atoms with Crippen molar-refractivity contribution < 1.29 is 13.9 Å². The molecule has 0 radical (unpaired) electrons. The van der Waals surface area contributed by atoms with E-state index in [1.807, 2.05) is 0 Å². The van der Waals surface area contributed by atoms with Crippen molar-refractivity contribution in [2.75, 3.05) is 6.61 Å². The smallest absolute Gasteiger partial charge is 0.223 e. The summed E-state index contributed by atoms with van der Waals surface area (Å²) in [5.74, 6) is 0.529. The molecule has 4 nitrogen and oxygen atoms in total. The largest absolute Gasteiger partial charge is 0.445 e. The normalized spacial score (nSPS) is 22.9. The highest BCUT2D eigenvalue weighted by Gasteiger charge is 2.20. The summed E-state index contributed by atoms with van der Waals surface area (Å²) in [4.78, 5) is 14.3. The molecule has 2 rings (SSSR count).